The smallest absolute Gasteiger partial charge is 0.166 e. The molecule has 0 heterocycles. The molecule has 2 nitrogen and oxygen atoms in total. The van der Waals surface area contributed by atoms with Crippen LogP contribution in [0.3, 0.4) is 0 Å². The van der Waals surface area contributed by atoms with Gasteiger partial charge in [0.25, 0.3) is 0 Å². The van der Waals surface area contributed by atoms with Crippen LogP contribution < -0.4 is 0 Å². The molecule has 0 saturated carbocycles. The first-order chi connectivity index (χ1) is 6.65. The van der Waals surface area contributed by atoms with E-state index in [0.717, 1.165) is 5.56 Å². The zero-order valence-corrected chi connectivity index (χ0v) is 8.45. The summed E-state index contributed by atoms with van der Waals surface area (Å²) in [6.07, 6.45) is 0.284. The molecular weight excluding hydrogens is 174 g/mol. The van der Waals surface area contributed by atoms with E-state index < -0.39 is 0 Å². The van der Waals surface area contributed by atoms with Gasteiger partial charge in [0.1, 0.15) is 0 Å². The Bertz CT molecular complexity index is 376. The first-order valence-electron chi connectivity index (χ1n) is 4.63. The minimum atomic E-state index is -0.207. The molecule has 0 radical (unpaired) electrons. The van der Waals surface area contributed by atoms with Crippen LogP contribution in [0.5, 0.6) is 0 Å². The van der Waals surface area contributed by atoms with Gasteiger partial charge in [0.05, 0.1) is 6.07 Å². The van der Waals surface area contributed by atoms with Gasteiger partial charge in [-0.25, -0.2) is 0 Å². The molecule has 72 valence electrons. The molecule has 0 aliphatic carbocycles. The van der Waals surface area contributed by atoms with E-state index in [1.807, 2.05) is 31.2 Å². The van der Waals surface area contributed by atoms with E-state index in [9.17, 15) is 4.79 Å². The van der Waals surface area contributed by atoms with Crippen LogP contribution in [0.15, 0.2) is 24.3 Å². The van der Waals surface area contributed by atoms with Gasteiger partial charge in [0, 0.05) is 17.9 Å². The van der Waals surface area contributed by atoms with E-state index >= 15 is 0 Å². The van der Waals surface area contributed by atoms with Crippen molar-refractivity contribution in [3.8, 4) is 6.07 Å². The Balaban J connectivity index is 2.85. The molecule has 0 bridgehead atoms. The maximum atomic E-state index is 11.7. The molecule has 0 aliphatic heterocycles. The monoisotopic (exact) mass is 187 g/mol. The third-order valence-electron chi connectivity index (χ3n) is 2.15. The lowest BCUT2D eigenvalue weighted by molar-refractivity contribution is 0.0932. The molecule has 1 rings (SSSR count). The average molecular weight is 187 g/mol. The van der Waals surface area contributed by atoms with E-state index in [1.165, 1.54) is 0 Å². The number of carbonyl (C=O) groups excluding carboxylic acids is 1. The van der Waals surface area contributed by atoms with Gasteiger partial charge >= 0.3 is 0 Å². The van der Waals surface area contributed by atoms with Gasteiger partial charge in [-0.05, 0) is 13.0 Å². The van der Waals surface area contributed by atoms with Crippen LogP contribution in [0.4, 0.5) is 0 Å². The number of hydrogen-bond donors (Lipinski definition) is 0. The molecule has 1 aromatic carbocycles. The Morgan fingerprint density at radius 1 is 1.57 bits per heavy atom. The van der Waals surface area contributed by atoms with Crippen molar-refractivity contribution < 1.29 is 4.79 Å². The maximum absolute atomic E-state index is 11.7. The molecular formula is C12H13NO. The summed E-state index contributed by atoms with van der Waals surface area (Å²) in [7, 11) is 0. The van der Waals surface area contributed by atoms with Crippen LogP contribution in [0.25, 0.3) is 0 Å². The highest BCUT2D eigenvalue weighted by Crippen LogP contribution is 2.12. The largest absolute Gasteiger partial charge is 0.294 e. The highest BCUT2D eigenvalue weighted by Gasteiger charge is 2.14. The third kappa shape index (κ3) is 2.43. The lowest BCUT2D eigenvalue weighted by atomic mass is 9.96. The molecule has 14 heavy (non-hydrogen) atoms. The van der Waals surface area contributed by atoms with Crippen molar-refractivity contribution in [2.45, 2.75) is 20.3 Å². The standard InChI is InChI=1S/C12H13NO/c1-9-4-3-5-11(8-9)12(14)10(2)6-7-13/h3-5,8,10H,6H2,1-2H3. The van der Waals surface area contributed by atoms with E-state index in [0.29, 0.717) is 5.56 Å². The summed E-state index contributed by atoms with van der Waals surface area (Å²) >= 11 is 0. The zero-order valence-electron chi connectivity index (χ0n) is 8.45. The predicted octanol–water partition coefficient (Wildman–Crippen LogP) is 2.73. The number of rotatable bonds is 3. The van der Waals surface area contributed by atoms with Gasteiger partial charge in [-0.2, -0.15) is 5.26 Å². The summed E-state index contributed by atoms with van der Waals surface area (Å²) in [5.74, 6) is -0.156. The van der Waals surface area contributed by atoms with Crippen LogP contribution in [-0.2, 0) is 0 Å². The molecule has 0 aliphatic rings. The Morgan fingerprint density at radius 2 is 2.29 bits per heavy atom. The summed E-state index contributed by atoms with van der Waals surface area (Å²) in [6.45, 7) is 3.74. The van der Waals surface area contributed by atoms with Crippen molar-refractivity contribution in [1.29, 1.82) is 5.26 Å². The van der Waals surface area contributed by atoms with Crippen molar-refractivity contribution >= 4 is 5.78 Å². The second kappa shape index (κ2) is 4.57. The minimum Gasteiger partial charge on any atom is -0.294 e. The summed E-state index contributed by atoms with van der Waals surface area (Å²) in [4.78, 5) is 11.7. The number of hydrogen-bond acceptors (Lipinski definition) is 2. The van der Waals surface area contributed by atoms with E-state index in [2.05, 4.69) is 0 Å². The van der Waals surface area contributed by atoms with E-state index in [1.54, 1.807) is 13.0 Å². The number of benzene rings is 1. The number of ketones is 1. The summed E-state index contributed by atoms with van der Waals surface area (Å²) in [6, 6.07) is 9.48. The van der Waals surface area contributed by atoms with Gasteiger partial charge < -0.3 is 0 Å². The fraction of sp³-hybridized carbons (Fsp3) is 0.333. The number of nitriles is 1. The molecule has 0 saturated heterocycles. The van der Waals surface area contributed by atoms with E-state index in [4.69, 9.17) is 5.26 Å². The maximum Gasteiger partial charge on any atom is 0.166 e. The fourth-order valence-electron chi connectivity index (χ4n) is 1.31. The van der Waals surface area contributed by atoms with Crippen LogP contribution in [0.1, 0.15) is 29.3 Å². The second-order valence-electron chi connectivity index (χ2n) is 3.50. The average Bonchev–Trinajstić information content (AvgIpc) is 2.17. The molecule has 2 heteroatoms. The quantitative estimate of drug-likeness (QED) is 0.682. The minimum absolute atomic E-state index is 0.0512. The second-order valence-corrected chi connectivity index (χ2v) is 3.50. The first kappa shape index (κ1) is 10.5. The molecule has 0 N–H and O–H groups in total. The molecule has 0 spiro atoms. The number of carbonyl (C=O) groups is 1. The van der Waals surface area contributed by atoms with E-state index in [-0.39, 0.29) is 18.1 Å². The summed E-state index contributed by atoms with van der Waals surface area (Å²) in [5, 5.41) is 8.48. The molecule has 0 amide bonds. The zero-order chi connectivity index (χ0) is 10.6. The Morgan fingerprint density at radius 3 is 2.86 bits per heavy atom. The van der Waals surface area contributed by atoms with Crippen molar-refractivity contribution in [2.75, 3.05) is 0 Å². The normalized spacial score (nSPS) is 11.8. The Kier molecular flexibility index (Phi) is 3.41. The van der Waals surface area contributed by atoms with Crippen LogP contribution in [0.2, 0.25) is 0 Å². The van der Waals surface area contributed by atoms with Crippen molar-refractivity contribution in [3.63, 3.8) is 0 Å². The van der Waals surface area contributed by atoms with Gasteiger partial charge in [0.2, 0.25) is 0 Å². The highest BCUT2D eigenvalue weighted by molar-refractivity contribution is 5.97. The van der Waals surface area contributed by atoms with Crippen LogP contribution >= 0.6 is 0 Å². The SMILES string of the molecule is Cc1cccc(C(=O)C(C)CC#N)c1. The van der Waals surface area contributed by atoms with Crippen molar-refractivity contribution in [3.05, 3.63) is 35.4 Å². The van der Waals surface area contributed by atoms with Crippen LogP contribution in [-0.4, -0.2) is 5.78 Å². The molecule has 1 unspecified atom stereocenters. The number of aryl methyl sites for hydroxylation is 1. The molecule has 0 fully saturated rings. The lowest BCUT2D eigenvalue weighted by Gasteiger charge is -2.06. The summed E-state index contributed by atoms with van der Waals surface area (Å²) < 4.78 is 0. The van der Waals surface area contributed by atoms with Gasteiger partial charge in [-0.1, -0.05) is 30.7 Å². The first-order valence-corrected chi connectivity index (χ1v) is 4.63. The molecule has 1 aromatic rings. The fourth-order valence-corrected chi connectivity index (χ4v) is 1.31. The van der Waals surface area contributed by atoms with Gasteiger partial charge in [-0.15, -0.1) is 0 Å². The Labute approximate surface area is 84.2 Å². The van der Waals surface area contributed by atoms with Gasteiger partial charge in [-0.3, -0.25) is 4.79 Å². The third-order valence-corrected chi connectivity index (χ3v) is 2.15. The van der Waals surface area contributed by atoms with Crippen molar-refractivity contribution in [2.24, 2.45) is 5.92 Å². The molecule has 0 aromatic heterocycles. The van der Waals surface area contributed by atoms with Gasteiger partial charge in [0.15, 0.2) is 5.78 Å². The summed E-state index contributed by atoms with van der Waals surface area (Å²) in [5.41, 5.74) is 1.77. The van der Waals surface area contributed by atoms with Crippen LogP contribution in [0, 0.1) is 24.2 Å². The predicted molar refractivity (Wildman–Crippen MR) is 54.9 cm³/mol. The number of nitrogens with zero attached hydrogens (tertiary/aromatic N) is 1. The Hall–Kier alpha value is -1.62. The topological polar surface area (TPSA) is 40.9 Å². The lowest BCUT2D eigenvalue weighted by Crippen LogP contribution is -2.10. The number of Topliss-reactive ketones (excluding diaryl/α,β-unsaturated/α-hetero) is 1. The molecule has 1 atom stereocenters. The highest BCUT2D eigenvalue weighted by atomic mass is 16.1. The van der Waals surface area contributed by atoms with Crippen molar-refractivity contribution in [1.82, 2.24) is 0 Å².